The van der Waals surface area contributed by atoms with E-state index in [-0.39, 0.29) is 25.0 Å². The molecule has 164 valence electrons. The summed E-state index contributed by atoms with van der Waals surface area (Å²) in [6.07, 6.45) is 5.90. The van der Waals surface area contributed by atoms with E-state index in [0.717, 1.165) is 18.4 Å². The van der Waals surface area contributed by atoms with Crippen molar-refractivity contribution in [1.82, 2.24) is 24.9 Å². The Hall–Kier alpha value is -3.79. The fourth-order valence-electron chi connectivity index (χ4n) is 3.67. The Morgan fingerprint density at radius 1 is 1.22 bits per heavy atom. The largest absolute Gasteiger partial charge is 0.396 e. The van der Waals surface area contributed by atoms with Crippen molar-refractivity contribution in [3.05, 3.63) is 53.2 Å². The normalized spacial score (nSPS) is 18.2. The van der Waals surface area contributed by atoms with E-state index in [0.29, 0.717) is 41.1 Å². The van der Waals surface area contributed by atoms with Crippen LogP contribution in [0, 0.1) is 0 Å². The minimum absolute atomic E-state index is 0.00908. The van der Waals surface area contributed by atoms with E-state index in [1.54, 1.807) is 16.8 Å². The molecule has 3 heterocycles. The molecule has 0 radical (unpaired) electrons. The Kier molecular flexibility index (Phi) is 5.28. The number of imide groups is 1. The number of aliphatic hydroxyl groups is 1. The van der Waals surface area contributed by atoms with Crippen LogP contribution in [-0.2, 0) is 9.59 Å². The second kappa shape index (κ2) is 8.39. The van der Waals surface area contributed by atoms with E-state index < -0.39 is 5.91 Å². The molecule has 1 aliphatic heterocycles. The lowest BCUT2D eigenvalue weighted by Crippen LogP contribution is -2.19. The molecule has 10 nitrogen and oxygen atoms in total. The number of carbonyl (C=O) groups is 2. The molecular weight excluding hydrogens is 410 g/mol. The SMILES string of the molecule is O=C1C/C(=C\c2cnn3c(NC4CC4)nc(NC(CCO)c4ccccc4)nc23)C(=O)N1. The van der Waals surface area contributed by atoms with Crippen LogP contribution in [0.1, 0.15) is 42.9 Å². The molecule has 3 aromatic rings. The zero-order chi connectivity index (χ0) is 22.1. The van der Waals surface area contributed by atoms with E-state index in [4.69, 9.17) is 0 Å². The Balaban J connectivity index is 1.54. The van der Waals surface area contributed by atoms with Crippen LogP contribution < -0.4 is 16.0 Å². The van der Waals surface area contributed by atoms with Crippen LogP contribution in [0.15, 0.2) is 42.1 Å². The maximum atomic E-state index is 12.0. The summed E-state index contributed by atoms with van der Waals surface area (Å²) >= 11 is 0. The maximum absolute atomic E-state index is 12.0. The number of hydrogen-bond acceptors (Lipinski definition) is 8. The highest BCUT2D eigenvalue weighted by Crippen LogP contribution is 2.27. The third-order valence-corrected chi connectivity index (χ3v) is 5.45. The molecule has 0 spiro atoms. The van der Waals surface area contributed by atoms with Crippen molar-refractivity contribution >= 4 is 35.4 Å². The summed E-state index contributed by atoms with van der Waals surface area (Å²) in [5, 5.41) is 23.0. The summed E-state index contributed by atoms with van der Waals surface area (Å²) in [6, 6.07) is 9.96. The number of amides is 2. The van der Waals surface area contributed by atoms with Gasteiger partial charge in [0.05, 0.1) is 18.7 Å². The van der Waals surface area contributed by atoms with Crippen molar-refractivity contribution < 1.29 is 14.7 Å². The van der Waals surface area contributed by atoms with Gasteiger partial charge in [0.15, 0.2) is 5.65 Å². The molecule has 2 amide bonds. The van der Waals surface area contributed by atoms with Crippen molar-refractivity contribution in [2.75, 3.05) is 17.2 Å². The van der Waals surface area contributed by atoms with E-state index in [1.807, 2.05) is 30.3 Å². The number of nitrogens with zero attached hydrogens (tertiary/aromatic N) is 4. The Morgan fingerprint density at radius 3 is 2.72 bits per heavy atom. The van der Waals surface area contributed by atoms with Crippen LogP contribution in [0.4, 0.5) is 11.9 Å². The Bertz CT molecular complexity index is 1200. The molecule has 10 heteroatoms. The molecule has 1 aliphatic carbocycles. The predicted octanol–water partition coefficient (Wildman–Crippen LogP) is 1.66. The highest BCUT2D eigenvalue weighted by molar-refractivity contribution is 6.15. The Labute approximate surface area is 183 Å². The van der Waals surface area contributed by atoms with Gasteiger partial charge in [-0.3, -0.25) is 14.9 Å². The van der Waals surface area contributed by atoms with Gasteiger partial charge in [-0.15, -0.1) is 0 Å². The van der Waals surface area contributed by atoms with Gasteiger partial charge in [-0.05, 0) is 30.9 Å². The maximum Gasteiger partial charge on any atom is 0.254 e. The van der Waals surface area contributed by atoms with E-state index in [1.165, 1.54) is 0 Å². The van der Waals surface area contributed by atoms with Crippen LogP contribution in [0.3, 0.4) is 0 Å². The molecule has 1 unspecified atom stereocenters. The third-order valence-electron chi connectivity index (χ3n) is 5.45. The van der Waals surface area contributed by atoms with Crippen LogP contribution in [-0.4, -0.2) is 49.2 Å². The van der Waals surface area contributed by atoms with E-state index >= 15 is 0 Å². The molecule has 0 bridgehead atoms. The number of fused-ring (bicyclic) bond motifs is 1. The lowest BCUT2D eigenvalue weighted by Gasteiger charge is -2.19. The number of hydrogen-bond donors (Lipinski definition) is 4. The molecule has 5 rings (SSSR count). The fourth-order valence-corrected chi connectivity index (χ4v) is 3.67. The van der Waals surface area contributed by atoms with Gasteiger partial charge in [-0.2, -0.15) is 19.6 Å². The summed E-state index contributed by atoms with van der Waals surface area (Å²) in [7, 11) is 0. The van der Waals surface area contributed by atoms with Gasteiger partial charge in [0.1, 0.15) is 0 Å². The van der Waals surface area contributed by atoms with Crippen molar-refractivity contribution in [2.24, 2.45) is 0 Å². The van der Waals surface area contributed by atoms with Gasteiger partial charge >= 0.3 is 0 Å². The summed E-state index contributed by atoms with van der Waals surface area (Å²) in [6.45, 7) is 0.00908. The molecule has 2 aromatic heterocycles. The number of benzene rings is 1. The van der Waals surface area contributed by atoms with Crippen molar-refractivity contribution in [2.45, 2.75) is 37.8 Å². The second-order valence-electron chi connectivity index (χ2n) is 7.97. The lowest BCUT2D eigenvalue weighted by atomic mass is 10.0. The lowest BCUT2D eigenvalue weighted by molar-refractivity contribution is -0.124. The number of anilines is 2. The average molecular weight is 433 g/mol. The second-order valence-corrected chi connectivity index (χ2v) is 7.97. The molecule has 2 fully saturated rings. The minimum atomic E-state index is -0.398. The molecule has 4 N–H and O–H groups in total. The van der Waals surface area contributed by atoms with Crippen LogP contribution >= 0.6 is 0 Å². The standard InChI is InChI=1S/C22H23N7O3/c30-9-8-17(13-4-2-1-3-5-13)25-21-27-19-15(10-14-11-18(31)26-20(14)32)12-23-29(19)22(28-21)24-16-6-7-16/h1-5,10,12,16-17,30H,6-9,11H2,(H,26,31,32)(H2,24,25,27,28)/b14-10+. The first-order valence-electron chi connectivity index (χ1n) is 10.6. The topological polar surface area (TPSA) is 134 Å². The zero-order valence-corrected chi connectivity index (χ0v) is 17.3. The number of aromatic nitrogens is 4. The van der Waals surface area contributed by atoms with Crippen molar-refractivity contribution in [3.8, 4) is 0 Å². The van der Waals surface area contributed by atoms with Crippen LogP contribution in [0.2, 0.25) is 0 Å². The number of carbonyl (C=O) groups excluding carboxylic acids is 2. The zero-order valence-electron chi connectivity index (χ0n) is 17.3. The molecule has 1 atom stereocenters. The first-order chi connectivity index (χ1) is 15.6. The quantitative estimate of drug-likeness (QED) is 0.311. The molecule has 1 saturated heterocycles. The van der Waals surface area contributed by atoms with Crippen LogP contribution in [0.25, 0.3) is 11.7 Å². The third kappa shape index (κ3) is 4.17. The van der Waals surface area contributed by atoms with E-state index in [9.17, 15) is 14.7 Å². The number of aliphatic hydroxyl groups excluding tert-OH is 1. The average Bonchev–Trinajstić information content (AvgIpc) is 3.42. The van der Waals surface area contributed by atoms with Gasteiger partial charge in [0.25, 0.3) is 5.91 Å². The van der Waals surface area contributed by atoms with E-state index in [2.05, 4.69) is 31.0 Å². The van der Waals surface area contributed by atoms with Gasteiger partial charge in [-0.1, -0.05) is 30.3 Å². The summed E-state index contributed by atoms with van der Waals surface area (Å²) in [4.78, 5) is 32.8. The first-order valence-corrected chi connectivity index (χ1v) is 10.6. The van der Waals surface area contributed by atoms with Crippen molar-refractivity contribution in [1.29, 1.82) is 0 Å². The predicted molar refractivity (Wildman–Crippen MR) is 118 cm³/mol. The molecule has 2 aliphatic rings. The number of nitrogens with one attached hydrogen (secondary N) is 3. The molecular formula is C22H23N7O3. The van der Waals surface area contributed by atoms with Gasteiger partial charge in [0.2, 0.25) is 17.8 Å². The molecule has 1 aromatic carbocycles. The highest BCUT2D eigenvalue weighted by Gasteiger charge is 2.26. The van der Waals surface area contributed by atoms with Crippen molar-refractivity contribution in [3.63, 3.8) is 0 Å². The van der Waals surface area contributed by atoms with Crippen LogP contribution in [0.5, 0.6) is 0 Å². The molecule has 1 saturated carbocycles. The Morgan fingerprint density at radius 2 is 2.03 bits per heavy atom. The first kappa shape index (κ1) is 20.1. The van der Waals surface area contributed by atoms with Gasteiger partial charge in [-0.25, -0.2) is 0 Å². The summed E-state index contributed by atoms with van der Waals surface area (Å²) in [5.74, 6) is 0.216. The smallest absolute Gasteiger partial charge is 0.254 e. The summed E-state index contributed by atoms with van der Waals surface area (Å²) < 4.78 is 1.61. The minimum Gasteiger partial charge on any atom is -0.396 e. The van der Waals surface area contributed by atoms with Gasteiger partial charge < -0.3 is 15.7 Å². The monoisotopic (exact) mass is 433 g/mol. The number of rotatable bonds is 8. The summed E-state index contributed by atoms with van der Waals surface area (Å²) in [5.41, 5.74) is 2.52. The molecule has 32 heavy (non-hydrogen) atoms. The highest BCUT2D eigenvalue weighted by atomic mass is 16.3. The van der Waals surface area contributed by atoms with Gasteiger partial charge in [0, 0.05) is 23.8 Å². The fraction of sp³-hybridized carbons (Fsp3) is 0.318.